The van der Waals surface area contributed by atoms with Gasteiger partial charge in [-0.3, -0.25) is 4.79 Å². The smallest absolute Gasteiger partial charge is 0.335 e. The van der Waals surface area contributed by atoms with E-state index in [-0.39, 0.29) is 22.9 Å². The van der Waals surface area contributed by atoms with Crippen LogP contribution in [0.5, 0.6) is 0 Å². The predicted octanol–water partition coefficient (Wildman–Crippen LogP) is 2.26. The molecular formula is C18H13FN4O3. The summed E-state index contributed by atoms with van der Waals surface area (Å²) in [5.41, 5.74) is 2.51. The predicted molar refractivity (Wildman–Crippen MR) is 90.2 cm³/mol. The average Bonchev–Trinajstić information content (AvgIpc) is 3.07. The van der Waals surface area contributed by atoms with Gasteiger partial charge in [-0.15, -0.1) is 0 Å². The van der Waals surface area contributed by atoms with Gasteiger partial charge < -0.3 is 15.4 Å². The molecule has 0 radical (unpaired) electrons. The van der Waals surface area contributed by atoms with Crippen LogP contribution in [-0.2, 0) is 6.42 Å². The zero-order valence-electron chi connectivity index (χ0n) is 13.4. The van der Waals surface area contributed by atoms with Gasteiger partial charge >= 0.3 is 5.97 Å². The summed E-state index contributed by atoms with van der Waals surface area (Å²) in [4.78, 5) is 34.4. The SMILES string of the molecule is O=C(O)c1ccc(-c2nccc(-c3cc4c([nH]3)CCNC4=O)n2)c(F)c1. The van der Waals surface area contributed by atoms with Crippen molar-refractivity contribution in [1.82, 2.24) is 20.3 Å². The van der Waals surface area contributed by atoms with Crippen molar-refractivity contribution in [2.24, 2.45) is 0 Å². The number of rotatable bonds is 3. The summed E-state index contributed by atoms with van der Waals surface area (Å²) in [6.07, 6.45) is 2.19. The first-order valence-corrected chi connectivity index (χ1v) is 7.89. The Bertz CT molecular complexity index is 1040. The van der Waals surface area contributed by atoms with E-state index in [1.165, 1.54) is 18.3 Å². The Morgan fingerprint density at radius 1 is 1.19 bits per heavy atom. The van der Waals surface area contributed by atoms with Crippen LogP contribution in [0.4, 0.5) is 4.39 Å². The van der Waals surface area contributed by atoms with E-state index in [1.54, 1.807) is 12.1 Å². The second kappa shape index (κ2) is 6.07. The van der Waals surface area contributed by atoms with Crippen LogP contribution in [0.15, 0.2) is 36.5 Å². The lowest BCUT2D eigenvalue weighted by Gasteiger charge is -2.10. The minimum atomic E-state index is -1.21. The fraction of sp³-hybridized carbons (Fsp3) is 0.111. The highest BCUT2D eigenvalue weighted by atomic mass is 19.1. The van der Waals surface area contributed by atoms with Crippen molar-refractivity contribution in [3.8, 4) is 22.8 Å². The molecule has 0 spiro atoms. The number of aromatic amines is 1. The fourth-order valence-electron chi connectivity index (χ4n) is 2.90. The van der Waals surface area contributed by atoms with Gasteiger partial charge in [0, 0.05) is 24.9 Å². The quantitative estimate of drug-likeness (QED) is 0.670. The third-order valence-electron chi connectivity index (χ3n) is 4.19. The number of hydrogen-bond donors (Lipinski definition) is 3. The Balaban J connectivity index is 1.74. The molecule has 3 aromatic rings. The lowest BCUT2D eigenvalue weighted by atomic mass is 10.1. The zero-order valence-corrected chi connectivity index (χ0v) is 13.4. The summed E-state index contributed by atoms with van der Waals surface area (Å²) in [6.45, 7) is 0.571. The molecule has 1 amide bonds. The van der Waals surface area contributed by atoms with Crippen molar-refractivity contribution in [3.63, 3.8) is 0 Å². The number of H-pyrrole nitrogens is 1. The summed E-state index contributed by atoms with van der Waals surface area (Å²) in [5.74, 6) is -1.93. The highest BCUT2D eigenvalue weighted by Crippen LogP contribution is 2.26. The number of halogens is 1. The Labute approximate surface area is 146 Å². The number of carbonyl (C=O) groups is 2. The monoisotopic (exact) mass is 352 g/mol. The first-order chi connectivity index (χ1) is 12.5. The highest BCUT2D eigenvalue weighted by Gasteiger charge is 2.21. The molecule has 7 nitrogen and oxygen atoms in total. The zero-order chi connectivity index (χ0) is 18.3. The number of hydrogen-bond acceptors (Lipinski definition) is 4. The van der Waals surface area contributed by atoms with Gasteiger partial charge in [0.25, 0.3) is 5.91 Å². The number of carboxylic acids is 1. The van der Waals surface area contributed by atoms with Gasteiger partial charge in [0.1, 0.15) is 5.82 Å². The average molecular weight is 352 g/mol. The van der Waals surface area contributed by atoms with Gasteiger partial charge in [-0.05, 0) is 30.3 Å². The molecule has 0 fully saturated rings. The molecule has 3 N–H and O–H groups in total. The van der Waals surface area contributed by atoms with Gasteiger partial charge in [0.05, 0.1) is 28.1 Å². The highest BCUT2D eigenvalue weighted by molar-refractivity contribution is 5.97. The van der Waals surface area contributed by atoms with Gasteiger partial charge in [-0.1, -0.05) is 0 Å². The van der Waals surface area contributed by atoms with Crippen molar-refractivity contribution >= 4 is 11.9 Å². The van der Waals surface area contributed by atoms with E-state index in [4.69, 9.17) is 5.11 Å². The second-order valence-electron chi connectivity index (χ2n) is 5.85. The summed E-state index contributed by atoms with van der Waals surface area (Å²) in [5, 5.41) is 11.7. The van der Waals surface area contributed by atoms with Gasteiger partial charge in [0.2, 0.25) is 0 Å². The molecule has 0 unspecified atom stereocenters. The standard InChI is InChI=1S/C18H13FN4O3/c19-12-7-9(18(25)26)1-2-10(12)16-20-5-4-14(23-16)15-8-11-13(22-15)3-6-21-17(11)24/h1-2,4-5,7-8,22H,3,6H2,(H,21,24)(H,25,26). The maximum atomic E-state index is 14.3. The number of aromatic carboxylic acids is 1. The van der Waals surface area contributed by atoms with Gasteiger partial charge in [-0.25, -0.2) is 19.2 Å². The molecule has 8 heteroatoms. The third-order valence-corrected chi connectivity index (χ3v) is 4.19. The molecule has 26 heavy (non-hydrogen) atoms. The molecule has 1 aliphatic heterocycles. The molecule has 0 saturated heterocycles. The van der Waals surface area contributed by atoms with Gasteiger partial charge in [0.15, 0.2) is 5.82 Å². The summed E-state index contributed by atoms with van der Waals surface area (Å²) in [7, 11) is 0. The van der Waals surface area contributed by atoms with Gasteiger partial charge in [-0.2, -0.15) is 0 Å². The summed E-state index contributed by atoms with van der Waals surface area (Å²) >= 11 is 0. The van der Waals surface area contributed by atoms with Crippen LogP contribution < -0.4 is 5.32 Å². The maximum absolute atomic E-state index is 14.3. The topological polar surface area (TPSA) is 108 Å². The van der Waals surface area contributed by atoms with E-state index in [1.807, 2.05) is 0 Å². The Hall–Kier alpha value is -3.55. The van der Waals surface area contributed by atoms with Crippen LogP contribution >= 0.6 is 0 Å². The Morgan fingerprint density at radius 2 is 2.04 bits per heavy atom. The molecule has 0 aliphatic carbocycles. The lowest BCUT2D eigenvalue weighted by Crippen LogP contribution is -2.31. The minimum absolute atomic E-state index is 0.103. The van der Waals surface area contributed by atoms with E-state index >= 15 is 0 Å². The first-order valence-electron chi connectivity index (χ1n) is 7.89. The van der Waals surface area contributed by atoms with Crippen LogP contribution in [0.2, 0.25) is 0 Å². The number of carbonyl (C=O) groups excluding carboxylic acids is 1. The Morgan fingerprint density at radius 3 is 2.77 bits per heavy atom. The molecule has 4 rings (SSSR count). The fourth-order valence-corrected chi connectivity index (χ4v) is 2.90. The number of benzene rings is 1. The second-order valence-corrected chi connectivity index (χ2v) is 5.85. The molecule has 1 aliphatic rings. The third kappa shape index (κ3) is 2.71. The minimum Gasteiger partial charge on any atom is -0.478 e. The van der Waals surface area contributed by atoms with Crippen LogP contribution in [0.1, 0.15) is 26.4 Å². The lowest BCUT2D eigenvalue weighted by molar-refractivity contribution is 0.0696. The molecule has 3 heterocycles. The van der Waals surface area contributed by atoms with Crippen LogP contribution in [0, 0.1) is 5.82 Å². The van der Waals surface area contributed by atoms with Crippen molar-refractivity contribution in [2.45, 2.75) is 6.42 Å². The molecule has 0 bridgehead atoms. The molecule has 1 aromatic carbocycles. The molecular weight excluding hydrogens is 339 g/mol. The van der Waals surface area contributed by atoms with Crippen molar-refractivity contribution in [2.75, 3.05) is 6.54 Å². The number of aromatic nitrogens is 3. The van der Waals surface area contributed by atoms with E-state index in [2.05, 4.69) is 20.3 Å². The first kappa shape index (κ1) is 15.9. The van der Waals surface area contributed by atoms with Crippen molar-refractivity contribution in [3.05, 3.63) is 59.2 Å². The maximum Gasteiger partial charge on any atom is 0.335 e. The van der Waals surface area contributed by atoms with Crippen LogP contribution in [-0.4, -0.2) is 38.5 Å². The number of carboxylic acid groups (broad SMARTS) is 1. The molecule has 2 aromatic heterocycles. The molecule has 0 saturated carbocycles. The van der Waals surface area contributed by atoms with E-state index in [9.17, 15) is 14.0 Å². The largest absolute Gasteiger partial charge is 0.478 e. The summed E-state index contributed by atoms with van der Waals surface area (Å²) in [6, 6.07) is 6.94. The Kier molecular flexibility index (Phi) is 3.72. The van der Waals surface area contributed by atoms with E-state index in [0.717, 1.165) is 11.8 Å². The number of nitrogens with zero attached hydrogens (tertiary/aromatic N) is 2. The summed E-state index contributed by atoms with van der Waals surface area (Å²) < 4.78 is 14.3. The van der Waals surface area contributed by atoms with E-state index in [0.29, 0.717) is 29.9 Å². The number of amides is 1. The molecule has 0 atom stereocenters. The van der Waals surface area contributed by atoms with Crippen LogP contribution in [0.3, 0.4) is 0 Å². The normalized spacial score (nSPS) is 13.2. The van der Waals surface area contributed by atoms with E-state index < -0.39 is 11.8 Å². The number of nitrogens with one attached hydrogen (secondary N) is 2. The van der Waals surface area contributed by atoms with Crippen molar-refractivity contribution in [1.29, 1.82) is 0 Å². The van der Waals surface area contributed by atoms with Crippen molar-refractivity contribution < 1.29 is 19.1 Å². The van der Waals surface area contributed by atoms with Crippen LogP contribution in [0.25, 0.3) is 22.8 Å². The number of fused-ring (bicyclic) bond motifs is 1. The molecule has 130 valence electrons.